The van der Waals surface area contributed by atoms with Gasteiger partial charge in [0, 0.05) is 30.0 Å². The van der Waals surface area contributed by atoms with Crippen LogP contribution in [0, 0.1) is 0 Å². The number of unbranched alkanes of at least 4 members (excludes halogenated alkanes) is 2. The Bertz CT molecular complexity index is 1270. The lowest BCUT2D eigenvalue weighted by Gasteiger charge is -2.44. The van der Waals surface area contributed by atoms with Gasteiger partial charge in [-0.25, -0.2) is 0 Å². The molecule has 0 spiro atoms. The molecule has 1 heterocycles. The summed E-state index contributed by atoms with van der Waals surface area (Å²) in [7, 11) is -2.98. The van der Waals surface area contributed by atoms with Gasteiger partial charge in [-0.3, -0.25) is 14.6 Å². The van der Waals surface area contributed by atoms with E-state index in [0.29, 0.717) is 31.4 Å². The summed E-state index contributed by atoms with van der Waals surface area (Å²) in [5.41, 5.74) is 1.49. The second kappa shape index (κ2) is 15.9. The molecule has 0 amide bonds. The van der Waals surface area contributed by atoms with Gasteiger partial charge in [-0.05, 0) is 60.9 Å². The highest BCUT2D eigenvalue weighted by atomic mass is 28.4. The first kappa shape index (κ1) is 38.0. The number of ketones is 1. The first-order valence-electron chi connectivity index (χ1n) is 16.4. The van der Waals surface area contributed by atoms with Gasteiger partial charge in [-0.2, -0.15) is 0 Å². The Labute approximate surface area is 269 Å². The molecule has 1 aromatic heterocycles. The molecule has 0 radical (unpaired) electrons. The van der Waals surface area contributed by atoms with Crippen LogP contribution in [0.15, 0.2) is 36.5 Å². The molecule has 2 rings (SSSR count). The zero-order valence-electron chi connectivity index (χ0n) is 29.6. The fourth-order valence-corrected chi connectivity index (χ4v) is 7.20. The molecule has 0 aliphatic heterocycles. The molecule has 0 saturated carbocycles. The van der Waals surface area contributed by atoms with Crippen molar-refractivity contribution in [3.05, 3.63) is 47.8 Å². The van der Waals surface area contributed by atoms with Crippen LogP contribution < -0.4 is 0 Å². The maximum Gasteiger partial charge on any atom is 0.305 e. The smallest absolute Gasteiger partial charge is 0.305 e. The number of methoxy groups -OCH3 is 1. The van der Waals surface area contributed by atoms with Crippen molar-refractivity contribution in [2.75, 3.05) is 7.11 Å². The second-order valence-corrected chi connectivity index (χ2v) is 24.6. The standard InChI is InChI=1S/C36H59NO5Si2/c1-13-14-15-21-30(38)34-29-20-17-16-19-28(29)27(26-37-34)24-25-32(42-44(11,12)36(5,6)7)31(22-18-23-33(39)40-8)41-43(9,10)35(2,3)4/h16-17,19-20,24-26,31-32H,13-15,18,21-23H2,1-12H3/b25-24+. The molecular weight excluding hydrogens is 583 g/mol. The van der Waals surface area contributed by atoms with Crippen LogP contribution in [-0.4, -0.2) is 52.7 Å². The summed E-state index contributed by atoms with van der Waals surface area (Å²) in [6.45, 7) is 24.7. The first-order valence-corrected chi connectivity index (χ1v) is 22.2. The molecule has 0 N–H and O–H groups in total. The summed E-state index contributed by atoms with van der Waals surface area (Å²) in [5.74, 6) is -0.117. The monoisotopic (exact) mass is 641 g/mol. The lowest BCUT2D eigenvalue weighted by molar-refractivity contribution is -0.140. The van der Waals surface area contributed by atoms with Crippen LogP contribution in [0.5, 0.6) is 0 Å². The summed E-state index contributed by atoms with van der Waals surface area (Å²) < 4.78 is 19.1. The number of fused-ring (bicyclic) bond motifs is 1. The number of Topliss-reactive ketones (excluding diaryl/α,β-unsaturated/α-hetero) is 1. The zero-order chi connectivity index (χ0) is 33.3. The van der Waals surface area contributed by atoms with Crippen LogP contribution in [0.3, 0.4) is 0 Å². The van der Waals surface area contributed by atoms with E-state index in [-0.39, 0.29) is 34.0 Å². The number of carbonyl (C=O) groups is 2. The Hall–Kier alpha value is -2.14. The van der Waals surface area contributed by atoms with Crippen LogP contribution in [0.2, 0.25) is 36.3 Å². The van der Waals surface area contributed by atoms with Crippen LogP contribution >= 0.6 is 0 Å². The van der Waals surface area contributed by atoms with E-state index in [9.17, 15) is 9.59 Å². The first-order chi connectivity index (χ1) is 20.3. The molecule has 2 unspecified atom stereocenters. The predicted octanol–water partition coefficient (Wildman–Crippen LogP) is 10.1. The molecule has 2 atom stereocenters. The van der Waals surface area contributed by atoms with E-state index in [1.165, 1.54) is 7.11 Å². The summed E-state index contributed by atoms with van der Waals surface area (Å²) in [5, 5.41) is 1.89. The van der Waals surface area contributed by atoms with E-state index < -0.39 is 16.6 Å². The molecule has 0 fully saturated rings. The Morgan fingerprint density at radius 3 is 2.02 bits per heavy atom. The Morgan fingerprint density at radius 2 is 1.45 bits per heavy atom. The fourth-order valence-electron chi connectivity index (χ4n) is 4.57. The van der Waals surface area contributed by atoms with E-state index in [0.717, 1.165) is 35.6 Å². The van der Waals surface area contributed by atoms with Crippen molar-refractivity contribution in [1.29, 1.82) is 0 Å². The molecule has 0 bridgehead atoms. The average Bonchev–Trinajstić information content (AvgIpc) is 2.93. The molecule has 8 heteroatoms. The minimum atomic E-state index is -2.22. The third kappa shape index (κ3) is 10.5. The van der Waals surface area contributed by atoms with Crippen molar-refractivity contribution in [1.82, 2.24) is 4.98 Å². The van der Waals surface area contributed by atoms with Crippen molar-refractivity contribution in [2.45, 2.75) is 142 Å². The quantitative estimate of drug-likeness (QED) is 0.0786. The normalized spacial score (nSPS) is 14.6. The molecule has 1 aromatic carbocycles. The number of esters is 1. The van der Waals surface area contributed by atoms with Gasteiger partial charge in [0.1, 0.15) is 5.69 Å². The topological polar surface area (TPSA) is 74.7 Å². The number of pyridine rings is 1. The summed E-state index contributed by atoms with van der Waals surface area (Å²) >= 11 is 0. The zero-order valence-corrected chi connectivity index (χ0v) is 31.6. The van der Waals surface area contributed by atoms with Crippen LogP contribution in [0.4, 0.5) is 0 Å². The van der Waals surface area contributed by atoms with E-state index in [4.69, 9.17) is 13.6 Å². The summed E-state index contributed by atoms with van der Waals surface area (Å²) in [4.78, 5) is 29.8. The van der Waals surface area contributed by atoms with Gasteiger partial charge in [-0.1, -0.05) is 97.7 Å². The molecule has 0 saturated heterocycles. The molecular formula is C36H59NO5Si2. The number of carbonyl (C=O) groups excluding carboxylic acids is 2. The minimum Gasteiger partial charge on any atom is -0.469 e. The van der Waals surface area contributed by atoms with Gasteiger partial charge in [0.15, 0.2) is 22.4 Å². The van der Waals surface area contributed by atoms with Gasteiger partial charge >= 0.3 is 5.97 Å². The van der Waals surface area contributed by atoms with Crippen LogP contribution in [-0.2, 0) is 18.4 Å². The number of rotatable bonds is 16. The van der Waals surface area contributed by atoms with Crippen LogP contribution in [0.1, 0.15) is 109 Å². The summed E-state index contributed by atoms with van der Waals surface area (Å²) in [6, 6.07) is 8.02. The van der Waals surface area contributed by atoms with Gasteiger partial charge < -0.3 is 13.6 Å². The second-order valence-electron chi connectivity index (χ2n) is 15.1. The van der Waals surface area contributed by atoms with Gasteiger partial charge in [0.2, 0.25) is 0 Å². The number of nitrogens with zero attached hydrogens (tertiary/aromatic N) is 1. The Morgan fingerprint density at radius 1 is 0.864 bits per heavy atom. The molecule has 246 valence electrons. The molecule has 44 heavy (non-hydrogen) atoms. The van der Waals surface area contributed by atoms with Crippen molar-refractivity contribution in [3.63, 3.8) is 0 Å². The number of hydrogen-bond acceptors (Lipinski definition) is 6. The maximum atomic E-state index is 13.1. The summed E-state index contributed by atoms with van der Waals surface area (Å²) in [6.07, 6.45) is 10.6. The highest BCUT2D eigenvalue weighted by molar-refractivity contribution is 6.74. The molecule has 0 aliphatic carbocycles. The molecule has 0 aliphatic rings. The highest BCUT2D eigenvalue weighted by Crippen LogP contribution is 2.41. The highest BCUT2D eigenvalue weighted by Gasteiger charge is 2.44. The van der Waals surface area contributed by atoms with E-state index >= 15 is 0 Å². The van der Waals surface area contributed by atoms with Crippen molar-refractivity contribution >= 4 is 45.2 Å². The van der Waals surface area contributed by atoms with Gasteiger partial charge in [0.25, 0.3) is 0 Å². The predicted molar refractivity (Wildman–Crippen MR) is 189 cm³/mol. The third-order valence-corrected chi connectivity index (χ3v) is 18.5. The Balaban J connectivity index is 2.60. The van der Waals surface area contributed by atoms with Crippen molar-refractivity contribution in [2.24, 2.45) is 0 Å². The SMILES string of the molecule is CCCCCC(=O)c1ncc(/C=C/C(O[Si](C)(C)C(C)(C)C)C(CCCC(=O)OC)O[Si](C)(C)C(C)(C)C)c2ccccc12. The largest absolute Gasteiger partial charge is 0.469 e. The van der Waals surface area contributed by atoms with E-state index in [2.05, 4.69) is 97.9 Å². The minimum absolute atomic E-state index is 0.000663. The number of ether oxygens (including phenoxy) is 1. The number of aromatic nitrogens is 1. The van der Waals surface area contributed by atoms with Crippen molar-refractivity contribution < 1.29 is 23.2 Å². The Kier molecular flexibility index (Phi) is 13.8. The number of benzene rings is 1. The average molecular weight is 642 g/mol. The fraction of sp³-hybridized carbons (Fsp3) is 0.639. The van der Waals surface area contributed by atoms with Gasteiger partial charge in [0.05, 0.1) is 19.3 Å². The number of hydrogen-bond donors (Lipinski definition) is 0. The maximum absolute atomic E-state index is 13.1. The third-order valence-electron chi connectivity index (χ3n) is 9.52. The van der Waals surface area contributed by atoms with Gasteiger partial charge in [-0.15, -0.1) is 0 Å². The van der Waals surface area contributed by atoms with Crippen molar-refractivity contribution in [3.8, 4) is 0 Å². The lowest BCUT2D eigenvalue weighted by atomic mass is 9.99. The molecule has 2 aromatic rings. The molecule has 6 nitrogen and oxygen atoms in total. The van der Waals surface area contributed by atoms with E-state index in [1.54, 1.807) is 0 Å². The van der Waals surface area contributed by atoms with E-state index in [1.807, 2.05) is 24.4 Å². The lowest BCUT2D eigenvalue weighted by Crippen LogP contribution is -2.51. The van der Waals surface area contributed by atoms with Crippen LogP contribution in [0.25, 0.3) is 16.8 Å².